The van der Waals surface area contributed by atoms with Crippen LogP contribution < -0.4 is 9.47 Å². The summed E-state index contributed by atoms with van der Waals surface area (Å²) in [5.41, 5.74) is 0.525. The molecule has 0 unspecified atom stereocenters. The normalized spacial score (nSPS) is 16.0. The summed E-state index contributed by atoms with van der Waals surface area (Å²) in [4.78, 5) is 21.8. The van der Waals surface area contributed by atoms with Crippen LogP contribution in [0.4, 0.5) is 0 Å². The summed E-state index contributed by atoms with van der Waals surface area (Å²) in [5.74, 6) is 2.25. The summed E-state index contributed by atoms with van der Waals surface area (Å²) in [6, 6.07) is 7.60. The number of amides is 1. The Morgan fingerprint density at radius 3 is 2.83 bits per heavy atom. The molecular formula is C18H23N3O3. The van der Waals surface area contributed by atoms with Crippen LogP contribution in [0.25, 0.3) is 0 Å². The number of benzene rings is 1. The van der Waals surface area contributed by atoms with Crippen molar-refractivity contribution in [3.05, 3.63) is 42.0 Å². The molecule has 2 heterocycles. The molecule has 0 saturated carbocycles. The molecule has 1 N–H and O–H groups in total. The molecule has 6 heteroatoms. The number of aromatic amines is 1. The van der Waals surface area contributed by atoms with Crippen molar-refractivity contribution in [3.8, 4) is 11.5 Å². The lowest BCUT2D eigenvalue weighted by Gasteiger charge is -2.31. The van der Waals surface area contributed by atoms with Gasteiger partial charge in [0.1, 0.15) is 18.1 Å². The van der Waals surface area contributed by atoms with Crippen molar-refractivity contribution in [2.75, 3.05) is 19.7 Å². The molecule has 24 heavy (non-hydrogen) atoms. The molecule has 1 aromatic heterocycles. The van der Waals surface area contributed by atoms with Crippen LogP contribution in [0, 0.1) is 0 Å². The summed E-state index contributed by atoms with van der Waals surface area (Å²) in [6.45, 7) is 5.65. The number of aryl methyl sites for hydroxylation is 1. The van der Waals surface area contributed by atoms with Gasteiger partial charge < -0.3 is 19.4 Å². The predicted molar refractivity (Wildman–Crippen MR) is 90.5 cm³/mol. The van der Waals surface area contributed by atoms with Crippen molar-refractivity contribution in [2.24, 2.45) is 0 Å². The lowest BCUT2D eigenvalue weighted by atomic mass is 10.2. The maximum atomic E-state index is 12.7. The third-order valence-corrected chi connectivity index (χ3v) is 3.97. The zero-order valence-electron chi connectivity index (χ0n) is 14.1. The van der Waals surface area contributed by atoms with E-state index in [1.54, 1.807) is 11.1 Å². The number of rotatable bonds is 6. The predicted octanol–water partition coefficient (Wildman–Crippen LogP) is 2.66. The van der Waals surface area contributed by atoms with Gasteiger partial charge in [0.15, 0.2) is 17.6 Å². The molecule has 3 rings (SSSR count). The second kappa shape index (κ2) is 7.38. The highest BCUT2D eigenvalue weighted by Gasteiger charge is 2.26. The van der Waals surface area contributed by atoms with Crippen LogP contribution in [0.3, 0.4) is 0 Å². The monoisotopic (exact) mass is 329 g/mol. The van der Waals surface area contributed by atoms with E-state index in [2.05, 4.69) is 16.9 Å². The van der Waals surface area contributed by atoms with Gasteiger partial charge in [-0.25, -0.2) is 4.98 Å². The van der Waals surface area contributed by atoms with E-state index < -0.39 is 0 Å². The number of carbonyl (C=O) groups excluding carboxylic acids is 1. The number of hydrogen-bond acceptors (Lipinski definition) is 4. The van der Waals surface area contributed by atoms with Gasteiger partial charge in [0, 0.05) is 13.0 Å². The van der Waals surface area contributed by atoms with Crippen molar-refractivity contribution >= 4 is 5.91 Å². The van der Waals surface area contributed by atoms with Gasteiger partial charge in [-0.15, -0.1) is 0 Å². The Balaban J connectivity index is 1.69. The molecule has 0 radical (unpaired) electrons. The Kier molecular flexibility index (Phi) is 5.03. The van der Waals surface area contributed by atoms with Gasteiger partial charge in [0.25, 0.3) is 5.91 Å². The van der Waals surface area contributed by atoms with Crippen molar-refractivity contribution in [1.82, 2.24) is 14.9 Å². The molecule has 1 aliphatic rings. The van der Waals surface area contributed by atoms with Gasteiger partial charge in [-0.05, 0) is 18.6 Å². The number of fused-ring (bicyclic) bond motifs is 1. The topological polar surface area (TPSA) is 67.5 Å². The Hall–Kier alpha value is -2.50. The smallest absolute Gasteiger partial charge is 0.272 e. The number of aromatic nitrogens is 2. The van der Waals surface area contributed by atoms with Crippen molar-refractivity contribution < 1.29 is 14.3 Å². The molecule has 1 atom stereocenters. The zero-order chi connectivity index (χ0) is 16.9. The minimum atomic E-state index is -0.177. The molecule has 0 aliphatic carbocycles. The molecule has 0 saturated heterocycles. The Morgan fingerprint density at radius 2 is 2.12 bits per heavy atom. The van der Waals surface area contributed by atoms with Crippen LogP contribution in [-0.4, -0.2) is 46.6 Å². The molecule has 1 aromatic carbocycles. The highest BCUT2D eigenvalue weighted by atomic mass is 16.6. The van der Waals surface area contributed by atoms with Gasteiger partial charge in [0.2, 0.25) is 0 Å². The van der Waals surface area contributed by atoms with Crippen molar-refractivity contribution in [3.63, 3.8) is 0 Å². The van der Waals surface area contributed by atoms with E-state index in [0.717, 1.165) is 30.2 Å². The fourth-order valence-electron chi connectivity index (χ4n) is 2.77. The van der Waals surface area contributed by atoms with Crippen molar-refractivity contribution in [2.45, 2.75) is 32.8 Å². The maximum Gasteiger partial charge on any atom is 0.272 e. The minimum absolute atomic E-state index is 0.0495. The number of H-pyrrole nitrogens is 1. The molecule has 6 nitrogen and oxygen atoms in total. The SMILES string of the molecule is CCCN(C[C@H]1COc2ccccc2O1)C(=O)c1cnc(CC)[nH]1. The summed E-state index contributed by atoms with van der Waals surface area (Å²) in [7, 11) is 0. The van der Waals surface area contributed by atoms with E-state index in [9.17, 15) is 4.79 Å². The lowest BCUT2D eigenvalue weighted by Crippen LogP contribution is -2.44. The van der Waals surface area contributed by atoms with Crippen LogP contribution in [0.1, 0.15) is 36.6 Å². The Bertz CT molecular complexity index is 698. The van der Waals surface area contributed by atoms with Gasteiger partial charge >= 0.3 is 0 Å². The lowest BCUT2D eigenvalue weighted by molar-refractivity contribution is 0.0459. The van der Waals surface area contributed by atoms with Gasteiger partial charge in [0.05, 0.1) is 12.7 Å². The first-order valence-corrected chi connectivity index (χ1v) is 8.42. The largest absolute Gasteiger partial charge is 0.486 e. The first-order valence-electron chi connectivity index (χ1n) is 8.42. The summed E-state index contributed by atoms with van der Waals surface area (Å²) < 4.78 is 11.7. The molecule has 2 aromatic rings. The molecule has 0 fully saturated rings. The molecular weight excluding hydrogens is 306 g/mol. The summed E-state index contributed by atoms with van der Waals surface area (Å²) in [6.07, 6.45) is 3.09. The van der Waals surface area contributed by atoms with Crippen LogP contribution in [0.15, 0.2) is 30.5 Å². The highest BCUT2D eigenvalue weighted by molar-refractivity contribution is 5.92. The third-order valence-electron chi connectivity index (χ3n) is 3.97. The van der Waals surface area contributed by atoms with E-state index in [1.165, 1.54) is 0 Å². The number of imidazole rings is 1. The average Bonchev–Trinajstić information content (AvgIpc) is 3.10. The Morgan fingerprint density at radius 1 is 1.33 bits per heavy atom. The second-order valence-electron chi connectivity index (χ2n) is 5.85. The van der Waals surface area contributed by atoms with E-state index in [-0.39, 0.29) is 12.0 Å². The van der Waals surface area contributed by atoms with Gasteiger partial charge in [-0.2, -0.15) is 0 Å². The highest BCUT2D eigenvalue weighted by Crippen LogP contribution is 2.31. The molecule has 128 valence electrons. The van der Waals surface area contributed by atoms with Crippen LogP contribution in [0.2, 0.25) is 0 Å². The number of nitrogens with one attached hydrogen (secondary N) is 1. The van der Waals surface area contributed by atoms with Crippen LogP contribution >= 0.6 is 0 Å². The quantitative estimate of drug-likeness (QED) is 0.885. The molecule has 1 amide bonds. The number of para-hydroxylation sites is 2. The number of hydrogen-bond donors (Lipinski definition) is 1. The standard InChI is InChI=1S/C18H23N3O3/c1-3-9-21(18(22)14-10-19-17(4-2)20-14)11-13-12-23-15-7-5-6-8-16(15)24-13/h5-8,10,13H,3-4,9,11-12H2,1-2H3,(H,19,20)/t13-/m0/s1. The van der Waals surface area contributed by atoms with E-state index >= 15 is 0 Å². The summed E-state index contributed by atoms with van der Waals surface area (Å²) >= 11 is 0. The number of ether oxygens (including phenoxy) is 2. The van der Waals surface area contributed by atoms with E-state index in [4.69, 9.17) is 9.47 Å². The average molecular weight is 329 g/mol. The number of nitrogens with zero attached hydrogens (tertiary/aromatic N) is 2. The van der Waals surface area contributed by atoms with Crippen molar-refractivity contribution in [1.29, 1.82) is 0 Å². The second-order valence-corrected chi connectivity index (χ2v) is 5.85. The summed E-state index contributed by atoms with van der Waals surface area (Å²) in [5, 5.41) is 0. The number of carbonyl (C=O) groups is 1. The van der Waals surface area contributed by atoms with Gasteiger partial charge in [-0.3, -0.25) is 4.79 Å². The van der Waals surface area contributed by atoms with E-state index in [1.807, 2.05) is 31.2 Å². The molecule has 1 aliphatic heterocycles. The van der Waals surface area contributed by atoms with Crippen LogP contribution in [0.5, 0.6) is 11.5 Å². The van der Waals surface area contributed by atoms with Crippen LogP contribution in [-0.2, 0) is 6.42 Å². The van der Waals surface area contributed by atoms with E-state index in [0.29, 0.717) is 25.4 Å². The fraction of sp³-hybridized carbons (Fsp3) is 0.444. The molecule has 0 bridgehead atoms. The van der Waals surface area contributed by atoms with Gasteiger partial charge in [-0.1, -0.05) is 26.0 Å². The Labute approximate surface area is 141 Å². The zero-order valence-corrected chi connectivity index (χ0v) is 14.1. The first-order chi connectivity index (χ1) is 11.7. The molecule has 0 spiro atoms. The maximum absolute atomic E-state index is 12.7. The minimum Gasteiger partial charge on any atom is -0.486 e. The third kappa shape index (κ3) is 3.53. The fourth-order valence-corrected chi connectivity index (χ4v) is 2.77. The first kappa shape index (κ1) is 16.4.